The van der Waals surface area contributed by atoms with Crippen LogP contribution in [0.25, 0.3) is 0 Å². The molecule has 6 nitrogen and oxygen atoms in total. The monoisotopic (exact) mass is 329 g/mol. The Labute approximate surface area is 143 Å². The van der Waals surface area contributed by atoms with Gasteiger partial charge in [0.05, 0.1) is 0 Å². The number of amides is 1. The van der Waals surface area contributed by atoms with Crippen LogP contribution in [0.2, 0.25) is 0 Å². The van der Waals surface area contributed by atoms with E-state index in [4.69, 9.17) is 0 Å². The smallest absolute Gasteiger partial charge is 0.225 e. The summed E-state index contributed by atoms with van der Waals surface area (Å²) in [6.07, 6.45) is 11.3. The normalized spacial score (nSPS) is 32.6. The second kappa shape index (κ2) is 7.05. The highest BCUT2D eigenvalue weighted by molar-refractivity contribution is 5.76. The first kappa shape index (κ1) is 15.8. The van der Waals surface area contributed by atoms with Crippen LogP contribution in [0.3, 0.4) is 0 Å². The summed E-state index contributed by atoms with van der Waals surface area (Å²) < 4.78 is 0. The number of carbonyl (C=O) groups excluding carboxylic acids is 1. The number of fused-ring (bicyclic) bond motifs is 2. The number of piperidine rings is 2. The number of nitrogens with one attached hydrogen (secondary N) is 2. The third-order valence-electron chi connectivity index (χ3n) is 5.67. The summed E-state index contributed by atoms with van der Waals surface area (Å²) in [5.41, 5.74) is 0. The van der Waals surface area contributed by atoms with Crippen molar-refractivity contribution in [3.05, 3.63) is 18.5 Å². The molecule has 3 unspecified atom stereocenters. The summed E-state index contributed by atoms with van der Waals surface area (Å²) >= 11 is 0. The maximum absolute atomic E-state index is 12.5. The van der Waals surface area contributed by atoms with E-state index in [0.29, 0.717) is 24.4 Å². The first-order chi connectivity index (χ1) is 11.8. The Morgan fingerprint density at radius 2 is 1.96 bits per heavy atom. The van der Waals surface area contributed by atoms with Crippen molar-refractivity contribution in [1.82, 2.24) is 20.6 Å². The number of nitrogens with zero attached hydrogens (tertiary/aromatic N) is 3. The molecular formula is C18H27N5O. The van der Waals surface area contributed by atoms with Gasteiger partial charge in [0.2, 0.25) is 11.9 Å². The van der Waals surface area contributed by atoms with Crippen LogP contribution in [-0.2, 0) is 4.79 Å². The molecule has 1 aromatic heterocycles. The van der Waals surface area contributed by atoms with Gasteiger partial charge in [0.1, 0.15) is 0 Å². The zero-order valence-corrected chi connectivity index (χ0v) is 14.2. The lowest BCUT2D eigenvalue weighted by molar-refractivity contribution is -0.123. The SMILES string of the molecule is O=C(CC1CC2CCC(C1)N2)NC1CCCN(c2ncccn2)C1. The Balaban J connectivity index is 1.28. The predicted octanol–water partition coefficient (Wildman–Crippen LogP) is 1.48. The molecule has 4 rings (SSSR count). The Hall–Kier alpha value is -1.69. The third-order valence-corrected chi connectivity index (χ3v) is 5.67. The largest absolute Gasteiger partial charge is 0.352 e. The summed E-state index contributed by atoms with van der Waals surface area (Å²) in [5, 5.41) is 6.91. The Morgan fingerprint density at radius 3 is 2.71 bits per heavy atom. The summed E-state index contributed by atoms with van der Waals surface area (Å²) in [6, 6.07) is 3.36. The van der Waals surface area contributed by atoms with Crippen LogP contribution in [0.4, 0.5) is 5.95 Å². The molecule has 4 heterocycles. The molecule has 0 saturated carbocycles. The van der Waals surface area contributed by atoms with Crippen LogP contribution in [0.5, 0.6) is 0 Å². The van der Waals surface area contributed by atoms with Crippen LogP contribution in [0.15, 0.2) is 18.5 Å². The molecule has 3 saturated heterocycles. The van der Waals surface area contributed by atoms with Crippen LogP contribution >= 0.6 is 0 Å². The molecule has 0 aliphatic carbocycles. The lowest BCUT2D eigenvalue weighted by Gasteiger charge is -2.34. The maximum atomic E-state index is 12.5. The minimum absolute atomic E-state index is 0.216. The second-order valence-electron chi connectivity index (χ2n) is 7.58. The number of aromatic nitrogens is 2. The van der Waals surface area contributed by atoms with Crippen molar-refractivity contribution < 1.29 is 4.79 Å². The lowest BCUT2D eigenvalue weighted by atomic mass is 9.89. The van der Waals surface area contributed by atoms with Crippen LogP contribution < -0.4 is 15.5 Å². The van der Waals surface area contributed by atoms with Gasteiger partial charge in [-0.1, -0.05) is 0 Å². The first-order valence-electron chi connectivity index (χ1n) is 9.33. The van der Waals surface area contributed by atoms with Crippen molar-refractivity contribution in [2.75, 3.05) is 18.0 Å². The van der Waals surface area contributed by atoms with Crippen molar-refractivity contribution in [3.8, 4) is 0 Å². The van der Waals surface area contributed by atoms with E-state index in [2.05, 4.69) is 25.5 Å². The fourth-order valence-corrected chi connectivity index (χ4v) is 4.62. The summed E-state index contributed by atoms with van der Waals surface area (Å²) in [7, 11) is 0. The zero-order chi connectivity index (χ0) is 16.4. The molecule has 2 N–H and O–H groups in total. The van der Waals surface area contributed by atoms with Gasteiger partial charge in [0.25, 0.3) is 0 Å². The van der Waals surface area contributed by atoms with Gasteiger partial charge in [-0.3, -0.25) is 4.79 Å². The molecule has 3 fully saturated rings. The lowest BCUT2D eigenvalue weighted by Crippen LogP contribution is -2.49. The molecule has 1 amide bonds. The standard InChI is InChI=1S/C18H27N5O/c24-17(11-13-9-14-4-5-15(10-13)21-14)22-16-3-1-8-23(12-16)18-19-6-2-7-20-18/h2,6-7,13-16,21H,1,3-5,8-12H2,(H,22,24). The number of hydrogen-bond acceptors (Lipinski definition) is 5. The number of anilines is 1. The van der Waals surface area contributed by atoms with E-state index < -0.39 is 0 Å². The van der Waals surface area contributed by atoms with Gasteiger partial charge >= 0.3 is 0 Å². The number of hydrogen-bond donors (Lipinski definition) is 2. The predicted molar refractivity (Wildman–Crippen MR) is 92.7 cm³/mol. The quantitative estimate of drug-likeness (QED) is 0.876. The Bertz CT molecular complexity index is 554. The van der Waals surface area contributed by atoms with Gasteiger partial charge in [-0.25, -0.2) is 9.97 Å². The highest BCUT2D eigenvalue weighted by Gasteiger charge is 2.34. The number of rotatable bonds is 4. The van der Waals surface area contributed by atoms with Crippen molar-refractivity contribution in [3.63, 3.8) is 0 Å². The second-order valence-corrected chi connectivity index (χ2v) is 7.58. The van der Waals surface area contributed by atoms with Crippen LogP contribution in [-0.4, -0.2) is 47.1 Å². The van der Waals surface area contributed by atoms with Crippen molar-refractivity contribution in [1.29, 1.82) is 0 Å². The van der Waals surface area contributed by atoms with Crippen molar-refractivity contribution >= 4 is 11.9 Å². The van der Waals surface area contributed by atoms with E-state index >= 15 is 0 Å². The van der Waals surface area contributed by atoms with E-state index in [-0.39, 0.29) is 11.9 Å². The van der Waals surface area contributed by atoms with E-state index in [1.54, 1.807) is 12.4 Å². The molecule has 0 spiro atoms. The molecule has 6 heteroatoms. The van der Waals surface area contributed by atoms with Crippen molar-refractivity contribution in [2.45, 2.75) is 63.1 Å². The molecule has 24 heavy (non-hydrogen) atoms. The molecule has 1 aromatic rings. The molecule has 0 aromatic carbocycles. The molecular weight excluding hydrogens is 302 g/mol. The number of carbonyl (C=O) groups is 1. The van der Waals surface area contributed by atoms with Gasteiger partial charge in [0, 0.05) is 50.0 Å². The van der Waals surface area contributed by atoms with Crippen LogP contribution in [0, 0.1) is 5.92 Å². The van der Waals surface area contributed by atoms with Gasteiger partial charge < -0.3 is 15.5 Å². The zero-order valence-electron chi connectivity index (χ0n) is 14.2. The van der Waals surface area contributed by atoms with E-state index in [0.717, 1.165) is 31.9 Å². The minimum Gasteiger partial charge on any atom is -0.352 e. The van der Waals surface area contributed by atoms with Gasteiger partial charge in [0.15, 0.2) is 0 Å². The average Bonchev–Trinajstić information content (AvgIpc) is 2.94. The molecule has 3 aliphatic rings. The summed E-state index contributed by atoms with van der Waals surface area (Å²) in [4.78, 5) is 23.3. The summed E-state index contributed by atoms with van der Waals surface area (Å²) in [5.74, 6) is 1.55. The third kappa shape index (κ3) is 3.69. The maximum Gasteiger partial charge on any atom is 0.225 e. The molecule has 0 radical (unpaired) electrons. The van der Waals surface area contributed by atoms with E-state index in [1.165, 1.54) is 25.7 Å². The molecule has 3 atom stereocenters. The molecule has 3 aliphatic heterocycles. The Morgan fingerprint density at radius 1 is 1.21 bits per heavy atom. The highest BCUT2D eigenvalue weighted by Crippen LogP contribution is 2.32. The molecule has 130 valence electrons. The summed E-state index contributed by atoms with van der Waals surface area (Å²) in [6.45, 7) is 1.78. The molecule has 2 bridgehead atoms. The Kier molecular flexibility index (Phi) is 4.65. The van der Waals surface area contributed by atoms with Gasteiger partial charge in [-0.15, -0.1) is 0 Å². The van der Waals surface area contributed by atoms with Crippen LogP contribution in [0.1, 0.15) is 44.9 Å². The van der Waals surface area contributed by atoms with Gasteiger partial charge in [-0.05, 0) is 50.5 Å². The first-order valence-corrected chi connectivity index (χ1v) is 9.33. The minimum atomic E-state index is 0.216. The fourth-order valence-electron chi connectivity index (χ4n) is 4.62. The topological polar surface area (TPSA) is 70.2 Å². The highest BCUT2D eigenvalue weighted by atomic mass is 16.1. The van der Waals surface area contributed by atoms with Gasteiger partial charge in [-0.2, -0.15) is 0 Å². The average molecular weight is 329 g/mol. The van der Waals surface area contributed by atoms with Crippen molar-refractivity contribution in [2.24, 2.45) is 5.92 Å². The van der Waals surface area contributed by atoms with E-state index in [1.807, 2.05) is 6.07 Å². The van der Waals surface area contributed by atoms with E-state index in [9.17, 15) is 4.79 Å². The fraction of sp³-hybridized carbons (Fsp3) is 0.722.